The van der Waals surface area contributed by atoms with Gasteiger partial charge >= 0.3 is 0 Å². The molecule has 9 nitrogen and oxygen atoms in total. The minimum Gasteiger partial charge on any atom is -0.388 e. The van der Waals surface area contributed by atoms with Crippen molar-refractivity contribution in [3.05, 3.63) is 18.2 Å². The number of nitrogens with zero attached hydrogens (tertiary/aromatic N) is 4. The Hall–Kier alpha value is -1.52. The first-order valence-corrected chi connectivity index (χ1v) is 10.9. The zero-order valence-corrected chi connectivity index (χ0v) is 18.6. The smallest absolute Gasteiger partial charge is 0.219 e. The van der Waals surface area contributed by atoms with Gasteiger partial charge in [0.15, 0.2) is 0 Å². The molecule has 0 unspecified atom stereocenters. The van der Waals surface area contributed by atoms with Gasteiger partial charge in [0.25, 0.3) is 0 Å². The Kier molecular flexibility index (Phi) is 10.7. The molecule has 0 aliphatic carbocycles. The molecule has 1 aromatic rings. The Morgan fingerprint density at radius 1 is 1.27 bits per heavy atom. The second kappa shape index (κ2) is 13.0. The van der Waals surface area contributed by atoms with Crippen LogP contribution in [0, 0.1) is 0 Å². The second-order valence-corrected chi connectivity index (χ2v) is 7.88. The number of hydrogen-bond acceptors (Lipinski definition) is 7. The average Bonchev–Trinajstić information content (AvgIpc) is 3.18. The van der Waals surface area contributed by atoms with Crippen molar-refractivity contribution in [3.8, 4) is 0 Å². The molecule has 2 heterocycles. The van der Waals surface area contributed by atoms with Crippen LogP contribution in [0.1, 0.15) is 38.8 Å². The minimum absolute atomic E-state index is 0.0422. The Morgan fingerprint density at radius 2 is 2.03 bits per heavy atom. The standard InChI is InChI=1S/C21H38N4O5/c1-4-24-16-22-12-18(24)13-23-8-5-6-11-30-15-19(27)21(28)20(29-3)14-25(17(2)26)10-7-9-23/h12,16,19-21,27-28H,4-11,13-15H2,1-3H3/t19-,20-,21-/m0/s1. The highest BCUT2D eigenvalue weighted by molar-refractivity contribution is 5.73. The lowest BCUT2D eigenvalue weighted by Crippen LogP contribution is -2.48. The molecule has 0 aromatic carbocycles. The number of aromatic nitrogens is 2. The van der Waals surface area contributed by atoms with Crippen LogP contribution in [-0.2, 0) is 27.4 Å². The van der Waals surface area contributed by atoms with Gasteiger partial charge in [-0.3, -0.25) is 9.69 Å². The van der Waals surface area contributed by atoms with Gasteiger partial charge in [-0.1, -0.05) is 0 Å². The highest BCUT2D eigenvalue weighted by Gasteiger charge is 2.29. The Labute approximate surface area is 179 Å². The van der Waals surface area contributed by atoms with Crippen molar-refractivity contribution in [1.82, 2.24) is 19.4 Å². The zero-order valence-electron chi connectivity index (χ0n) is 18.6. The molecule has 1 aliphatic heterocycles. The van der Waals surface area contributed by atoms with Crippen LogP contribution in [0.15, 0.2) is 12.5 Å². The third-order valence-corrected chi connectivity index (χ3v) is 5.65. The van der Waals surface area contributed by atoms with E-state index in [-0.39, 0.29) is 19.1 Å². The molecule has 2 rings (SSSR count). The topological polar surface area (TPSA) is 100 Å². The third-order valence-electron chi connectivity index (χ3n) is 5.65. The van der Waals surface area contributed by atoms with Gasteiger partial charge in [0, 0.05) is 59.6 Å². The van der Waals surface area contributed by atoms with Crippen LogP contribution in [0.3, 0.4) is 0 Å². The summed E-state index contributed by atoms with van der Waals surface area (Å²) in [6.07, 6.45) is 3.58. The van der Waals surface area contributed by atoms with Crippen LogP contribution in [0.4, 0.5) is 0 Å². The van der Waals surface area contributed by atoms with Gasteiger partial charge in [0.05, 0.1) is 18.6 Å². The van der Waals surface area contributed by atoms with Crippen LogP contribution in [-0.4, -0.2) is 100 Å². The minimum atomic E-state index is -1.12. The summed E-state index contributed by atoms with van der Waals surface area (Å²) in [6.45, 7) is 8.46. The number of hydrogen-bond donors (Lipinski definition) is 2. The molecule has 1 fully saturated rings. The molecule has 0 radical (unpaired) electrons. The monoisotopic (exact) mass is 426 g/mol. The first kappa shape index (κ1) is 24.7. The van der Waals surface area contributed by atoms with Crippen molar-refractivity contribution in [2.75, 3.05) is 46.5 Å². The number of imidazole rings is 1. The molecule has 0 bridgehead atoms. The summed E-state index contributed by atoms with van der Waals surface area (Å²) < 4.78 is 13.1. The van der Waals surface area contributed by atoms with E-state index in [1.165, 1.54) is 19.7 Å². The SMILES string of the molecule is CCn1cncc1CN1CCCCOC[C@H](O)[C@H](O)[C@@H](OC)CN(C(C)=O)CCC1. The van der Waals surface area contributed by atoms with E-state index in [0.717, 1.165) is 45.4 Å². The molecule has 172 valence electrons. The summed E-state index contributed by atoms with van der Waals surface area (Å²) in [5.41, 5.74) is 1.18. The molecular formula is C21H38N4O5. The number of carbonyl (C=O) groups is 1. The van der Waals surface area contributed by atoms with Gasteiger partial charge in [-0.15, -0.1) is 0 Å². The third kappa shape index (κ3) is 7.63. The summed E-state index contributed by atoms with van der Waals surface area (Å²) in [6, 6.07) is 0. The van der Waals surface area contributed by atoms with Crippen molar-refractivity contribution >= 4 is 5.91 Å². The van der Waals surface area contributed by atoms with Crippen LogP contribution in [0.2, 0.25) is 0 Å². The maximum atomic E-state index is 12.1. The Bertz CT molecular complexity index is 626. The van der Waals surface area contributed by atoms with E-state index in [1.54, 1.807) is 4.90 Å². The van der Waals surface area contributed by atoms with Gasteiger partial charge in [-0.2, -0.15) is 0 Å². The molecule has 9 heteroatoms. The molecule has 0 saturated carbocycles. The largest absolute Gasteiger partial charge is 0.388 e. The number of methoxy groups -OCH3 is 1. The first-order chi connectivity index (χ1) is 14.5. The molecule has 30 heavy (non-hydrogen) atoms. The first-order valence-electron chi connectivity index (χ1n) is 10.9. The van der Waals surface area contributed by atoms with Gasteiger partial charge < -0.3 is 29.2 Å². The number of ether oxygens (including phenoxy) is 2. The summed E-state index contributed by atoms with van der Waals surface area (Å²) >= 11 is 0. The summed E-state index contributed by atoms with van der Waals surface area (Å²) in [7, 11) is 1.48. The molecular weight excluding hydrogens is 388 g/mol. The van der Waals surface area contributed by atoms with E-state index < -0.39 is 18.3 Å². The summed E-state index contributed by atoms with van der Waals surface area (Å²) in [5, 5.41) is 20.7. The maximum Gasteiger partial charge on any atom is 0.219 e. The van der Waals surface area contributed by atoms with Gasteiger partial charge in [-0.25, -0.2) is 4.98 Å². The normalized spacial score (nSPS) is 26.2. The zero-order chi connectivity index (χ0) is 21.9. The maximum absolute atomic E-state index is 12.1. The summed E-state index contributed by atoms with van der Waals surface area (Å²) in [5.74, 6) is -0.0742. The van der Waals surface area contributed by atoms with Gasteiger partial charge in [0.1, 0.15) is 18.3 Å². The van der Waals surface area contributed by atoms with Crippen LogP contribution < -0.4 is 0 Å². The van der Waals surface area contributed by atoms with Crippen molar-refractivity contribution in [2.45, 2.75) is 64.5 Å². The average molecular weight is 427 g/mol. The Balaban J connectivity index is 2.06. The van der Waals surface area contributed by atoms with Crippen molar-refractivity contribution < 1.29 is 24.5 Å². The highest BCUT2D eigenvalue weighted by Crippen LogP contribution is 2.12. The highest BCUT2D eigenvalue weighted by atomic mass is 16.5. The summed E-state index contributed by atoms with van der Waals surface area (Å²) in [4.78, 5) is 20.5. The van der Waals surface area contributed by atoms with Crippen molar-refractivity contribution in [3.63, 3.8) is 0 Å². The van der Waals surface area contributed by atoms with E-state index in [2.05, 4.69) is 21.4 Å². The number of rotatable bonds is 4. The fraction of sp³-hybridized carbons (Fsp3) is 0.810. The lowest BCUT2D eigenvalue weighted by molar-refractivity contribution is -0.136. The quantitative estimate of drug-likeness (QED) is 0.723. The molecule has 2 N–H and O–H groups in total. The van der Waals surface area contributed by atoms with Gasteiger partial charge in [0.2, 0.25) is 5.91 Å². The van der Waals surface area contributed by atoms with E-state index in [9.17, 15) is 15.0 Å². The molecule has 1 aliphatic rings. The fourth-order valence-corrected chi connectivity index (χ4v) is 3.76. The van der Waals surface area contributed by atoms with Crippen molar-refractivity contribution in [1.29, 1.82) is 0 Å². The number of carbonyl (C=O) groups excluding carboxylic acids is 1. The molecule has 0 spiro atoms. The number of aliphatic hydroxyl groups is 2. The molecule has 1 saturated heterocycles. The molecule has 1 amide bonds. The van der Waals surface area contributed by atoms with Crippen LogP contribution in [0.5, 0.6) is 0 Å². The predicted molar refractivity (Wildman–Crippen MR) is 113 cm³/mol. The van der Waals surface area contributed by atoms with Crippen LogP contribution >= 0.6 is 0 Å². The number of aryl methyl sites for hydroxylation is 1. The van der Waals surface area contributed by atoms with Crippen LogP contribution in [0.25, 0.3) is 0 Å². The second-order valence-electron chi connectivity index (χ2n) is 7.88. The van der Waals surface area contributed by atoms with E-state index in [0.29, 0.717) is 13.2 Å². The van der Waals surface area contributed by atoms with E-state index in [4.69, 9.17) is 9.47 Å². The fourth-order valence-electron chi connectivity index (χ4n) is 3.76. The lowest BCUT2D eigenvalue weighted by atomic mass is 10.1. The van der Waals surface area contributed by atoms with E-state index >= 15 is 0 Å². The predicted octanol–water partition coefficient (Wildman–Crippen LogP) is 0.491. The van der Waals surface area contributed by atoms with Gasteiger partial charge in [-0.05, 0) is 32.7 Å². The molecule has 3 atom stereocenters. The van der Waals surface area contributed by atoms with E-state index in [1.807, 2.05) is 12.5 Å². The Morgan fingerprint density at radius 3 is 2.73 bits per heavy atom. The van der Waals surface area contributed by atoms with Crippen molar-refractivity contribution in [2.24, 2.45) is 0 Å². The molecule has 1 aromatic heterocycles. The number of aliphatic hydroxyl groups excluding tert-OH is 2. The lowest BCUT2D eigenvalue weighted by Gasteiger charge is -2.31. The number of amides is 1.